The molecule has 2 aromatic rings. The molecular formula is C25H29IN6O3. The van der Waals surface area contributed by atoms with Crippen LogP contribution < -0.4 is 45.5 Å². The van der Waals surface area contributed by atoms with Crippen LogP contribution in [0.1, 0.15) is 47.8 Å². The van der Waals surface area contributed by atoms with Crippen LogP contribution in [0.5, 0.6) is 0 Å². The zero-order valence-electron chi connectivity index (χ0n) is 20.1. The minimum Gasteiger partial charge on any atom is -1.00 e. The Labute approximate surface area is 220 Å². The Balaban J connectivity index is 0.00000342. The standard InChI is InChI=1S/C25H28N6O3.HI/c1-4-5-12-30-20-15-17(3)16(2)14-18(20)27-21-23(30)28-25(34)31(24(21)33)13-8-11-29-10-7-6-9-19(29)22(26)32;/h6-7,9-10,14-15H,4-5,8,11-13H2,1-3H3,(H-,26,32);1H. The number of amides is 1. The molecule has 1 aromatic carbocycles. The van der Waals surface area contributed by atoms with Crippen molar-refractivity contribution in [3.05, 3.63) is 74.2 Å². The summed E-state index contributed by atoms with van der Waals surface area (Å²) in [6.45, 7) is 7.35. The van der Waals surface area contributed by atoms with Crippen LogP contribution in [-0.2, 0) is 19.6 Å². The molecule has 4 rings (SSSR count). The second-order valence-electron chi connectivity index (χ2n) is 8.56. The fraction of sp³-hybridized carbons (Fsp3) is 0.360. The van der Waals surface area contributed by atoms with E-state index in [4.69, 9.17) is 5.73 Å². The molecule has 2 N–H and O–H groups in total. The number of pyridine rings is 1. The highest BCUT2D eigenvalue weighted by Gasteiger charge is 2.22. The number of fused-ring (bicyclic) bond motifs is 2. The number of benzene rings is 1. The van der Waals surface area contributed by atoms with E-state index in [1.54, 1.807) is 29.0 Å². The van der Waals surface area contributed by atoms with E-state index in [-0.39, 0.29) is 36.2 Å². The molecule has 0 saturated carbocycles. The summed E-state index contributed by atoms with van der Waals surface area (Å²) >= 11 is 0. The average molecular weight is 588 g/mol. The number of nitrogens with two attached hydrogens (primary N) is 1. The van der Waals surface area contributed by atoms with Crippen LogP contribution in [0.2, 0.25) is 0 Å². The van der Waals surface area contributed by atoms with Gasteiger partial charge in [0.05, 0.1) is 11.0 Å². The van der Waals surface area contributed by atoms with E-state index >= 15 is 0 Å². The summed E-state index contributed by atoms with van der Waals surface area (Å²) in [6, 6.07) is 9.18. The first-order chi connectivity index (χ1) is 16.3. The molecule has 0 bridgehead atoms. The third-order valence-corrected chi connectivity index (χ3v) is 6.17. The SMILES string of the molecule is CCCCn1c2nc(=O)n(CCC[n+]3ccccc3C(N)=O)c(=O)c-2nc2cc(C)c(C)cc21.[I-]. The molecule has 0 fully saturated rings. The average Bonchev–Trinajstić information content (AvgIpc) is 2.81. The fourth-order valence-corrected chi connectivity index (χ4v) is 4.16. The maximum absolute atomic E-state index is 13.4. The van der Waals surface area contributed by atoms with Crippen molar-refractivity contribution in [3.63, 3.8) is 0 Å². The quantitative estimate of drug-likeness (QED) is 0.160. The van der Waals surface area contributed by atoms with E-state index < -0.39 is 17.2 Å². The van der Waals surface area contributed by atoms with Gasteiger partial charge in [0.2, 0.25) is 0 Å². The van der Waals surface area contributed by atoms with Crippen LogP contribution in [0.4, 0.5) is 0 Å². The van der Waals surface area contributed by atoms with Crippen LogP contribution in [0, 0.1) is 13.8 Å². The van der Waals surface area contributed by atoms with E-state index in [2.05, 4.69) is 16.9 Å². The Morgan fingerprint density at radius 1 is 1.03 bits per heavy atom. The molecule has 0 unspecified atom stereocenters. The van der Waals surface area contributed by atoms with Crippen molar-refractivity contribution >= 4 is 16.9 Å². The predicted octanol–water partition coefficient (Wildman–Crippen LogP) is -1.04. The van der Waals surface area contributed by atoms with Gasteiger partial charge < -0.3 is 34.3 Å². The first kappa shape index (κ1) is 26.5. The maximum atomic E-state index is 13.4. The Kier molecular flexibility index (Phi) is 8.36. The summed E-state index contributed by atoms with van der Waals surface area (Å²) in [7, 11) is 0. The molecule has 0 radical (unpaired) electrons. The molecule has 3 heterocycles. The Morgan fingerprint density at radius 2 is 1.74 bits per heavy atom. The monoisotopic (exact) mass is 588 g/mol. The maximum Gasteiger partial charge on any atom is 0.352 e. The Morgan fingerprint density at radius 3 is 2.46 bits per heavy atom. The molecule has 1 amide bonds. The number of carbonyl (C=O) groups excluding carboxylic acids is 1. The molecule has 0 spiro atoms. The molecule has 0 aliphatic carbocycles. The van der Waals surface area contributed by atoms with Gasteiger partial charge in [0.25, 0.3) is 11.3 Å². The van der Waals surface area contributed by atoms with Crippen LogP contribution in [-0.4, -0.2) is 25.0 Å². The van der Waals surface area contributed by atoms with Gasteiger partial charge in [0, 0.05) is 31.6 Å². The summed E-state index contributed by atoms with van der Waals surface area (Å²) < 4.78 is 4.78. The highest BCUT2D eigenvalue weighted by atomic mass is 127. The number of carbonyl (C=O) groups is 1. The van der Waals surface area contributed by atoms with Crippen molar-refractivity contribution in [2.24, 2.45) is 5.73 Å². The lowest BCUT2D eigenvalue weighted by Crippen LogP contribution is -3.00. The van der Waals surface area contributed by atoms with Gasteiger partial charge in [-0.3, -0.25) is 14.2 Å². The number of rotatable bonds is 8. The first-order valence-electron chi connectivity index (χ1n) is 11.5. The van der Waals surface area contributed by atoms with Crippen molar-refractivity contribution < 1.29 is 33.3 Å². The highest BCUT2D eigenvalue weighted by molar-refractivity contribution is 5.89. The van der Waals surface area contributed by atoms with Crippen molar-refractivity contribution in [2.75, 3.05) is 0 Å². The minimum atomic E-state index is -0.596. The van der Waals surface area contributed by atoms with Crippen LogP contribution in [0.15, 0.2) is 46.1 Å². The van der Waals surface area contributed by atoms with Crippen LogP contribution in [0.25, 0.3) is 22.6 Å². The van der Waals surface area contributed by atoms with Gasteiger partial charge in [-0.15, -0.1) is 0 Å². The third kappa shape index (κ3) is 5.26. The summed E-state index contributed by atoms with van der Waals surface area (Å²) in [6.07, 6.45) is 4.05. The topological polar surface area (TPSA) is 117 Å². The number of unbranched alkanes of at least 4 members (excludes halogenated alkanes) is 1. The lowest BCUT2D eigenvalue weighted by molar-refractivity contribution is -0.699. The predicted molar refractivity (Wildman–Crippen MR) is 129 cm³/mol. The highest BCUT2D eigenvalue weighted by Crippen LogP contribution is 2.24. The number of halogens is 1. The normalized spacial score (nSPS) is 11.1. The summed E-state index contributed by atoms with van der Waals surface area (Å²) in [5.41, 5.74) is 8.72. The smallest absolute Gasteiger partial charge is 0.352 e. The molecule has 35 heavy (non-hydrogen) atoms. The van der Waals surface area contributed by atoms with Gasteiger partial charge in [0.1, 0.15) is 0 Å². The van der Waals surface area contributed by atoms with E-state index in [1.807, 2.05) is 30.5 Å². The third-order valence-electron chi connectivity index (χ3n) is 6.17. The van der Waals surface area contributed by atoms with E-state index in [1.165, 1.54) is 0 Å². The number of aryl methyl sites for hydroxylation is 4. The summed E-state index contributed by atoms with van der Waals surface area (Å²) in [5, 5.41) is 0. The number of aromatic nitrogens is 5. The van der Waals surface area contributed by atoms with Gasteiger partial charge in [0.15, 0.2) is 24.3 Å². The second-order valence-corrected chi connectivity index (χ2v) is 8.56. The van der Waals surface area contributed by atoms with Gasteiger partial charge in [-0.2, -0.15) is 9.55 Å². The summed E-state index contributed by atoms with van der Waals surface area (Å²) in [4.78, 5) is 46.8. The molecule has 0 atom stereocenters. The summed E-state index contributed by atoms with van der Waals surface area (Å²) in [5.74, 6) is -0.211. The molecule has 184 valence electrons. The van der Waals surface area contributed by atoms with Gasteiger partial charge in [-0.1, -0.05) is 13.3 Å². The number of hydrogen-bond donors (Lipinski definition) is 1. The van der Waals surface area contributed by atoms with Gasteiger partial charge in [-0.05, 0) is 49.6 Å². The van der Waals surface area contributed by atoms with Crippen LogP contribution in [0.3, 0.4) is 0 Å². The number of primary amides is 1. The van der Waals surface area contributed by atoms with E-state index in [0.29, 0.717) is 36.5 Å². The zero-order chi connectivity index (χ0) is 24.4. The van der Waals surface area contributed by atoms with Crippen molar-refractivity contribution in [1.82, 2.24) is 19.1 Å². The molecule has 10 heteroatoms. The molecule has 0 saturated heterocycles. The Bertz CT molecular complexity index is 1480. The largest absolute Gasteiger partial charge is 1.00 e. The molecule has 9 nitrogen and oxygen atoms in total. The van der Waals surface area contributed by atoms with Crippen molar-refractivity contribution in [3.8, 4) is 11.5 Å². The second kappa shape index (κ2) is 11.1. The van der Waals surface area contributed by atoms with Gasteiger partial charge in [-0.25, -0.2) is 9.78 Å². The fourth-order valence-electron chi connectivity index (χ4n) is 4.16. The van der Waals surface area contributed by atoms with Crippen LogP contribution >= 0.6 is 0 Å². The lowest BCUT2D eigenvalue weighted by Gasteiger charge is -2.18. The van der Waals surface area contributed by atoms with E-state index in [9.17, 15) is 14.4 Å². The molecule has 1 aromatic heterocycles. The number of nitrogens with zero attached hydrogens (tertiary/aromatic N) is 5. The number of hydrogen-bond acceptors (Lipinski definition) is 5. The minimum absolute atomic E-state index is 0. The zero-order valence-corrected chi connectivity index (χ0v) is 22.3. The first-order valence-corrected chi connectivity index (χ1v) is 11.5. The molecule has 2 aliphatic heterocycles. The molecular weight excluding hydrogens is 559 g/mol. The Hall–Kier alpha value is -3.15. The van der Waals surface area contributed by atoms with E-state index in [0.717, 1.165) is 34.1 Å². The molecule has 2 aliphatic rings. The van der Waals surface area contributed by atoms with Gasteiger partial charge >= 0.3 is 11.6 Å². The van der Waals surface area contributed by atoms with Crippen molar-refractivity contribution in [1.29, 1.82) is 0 Å². The van der Waals surface area contributed by atoms with Crippen molar-refractivity contribution in [2.45, 2.75) is 59.7 Å². The lowest BCUT2D eigenvalue weighted by atomic mass is 10.1.